The Balaban J connectivity index is 1.80. The van der Waals surface area contributed by atoms with Gasteiger partial charge in [0, 0.05) is 13.1 Å². The van der Waals surface area contributed by atoms with Gasteiger partial charge in [0.05, 0.1) is 18.4 Å². The van der Waals surface area contributed by atoms with Gasteiger partial charge in [-0.25, -0.2) is 4.90 Å². The second kappa shape index (κ2) is 9.74. The lowest BCUT2D eigenvalue weighted by Crippen LogP contribution is -2.35. The van der Waals surface area contributed by atoms with E-state index in [9.17, 15) is 9.59 Å². The molecule has 33 heavy (non-hydrogen) atoms. The first-order chi connectivity index (χ1) is 16.1. The minimum absolute atomic E-state index is 0.298. The maximum absolute atomic E-state index is 13.7. The first-order valence-electron chi connectivity index (χ1n) is 11.2. The van der Waals surface area contributed by atoms with Crippen LogP contribution in [0, 0.1) is 0 Å². The van der Waals surface area contributed by atoms with Crippen LogP contribution in [0.25, 0.3) is 5.57 Å². The van der Waals surface area contributed by atoms with E-state index in [2.05, 4.69) is 6.92 Å². The number of anilines is 1. The van der Waals surface area contributed by atoms with Crippen molar-refractivity contribution >= 4 is 23.1 Å². The van der Waals surface area contributed by atoms with Gasteiger partial charge in [0.15, 0.2) is 0 Å². The van der Waals surface area contributed by atoms with E-state index < -0.39 is 0 Å². The van der Waals surface area contributed by atoms with Crippen LogP contribution in [0.1, 0.15) is 30.5 Å². The topological polar surface area (TPSA) is 49.9 Å². The number of carbonyl (C=O) groups excluding carboxylic acids is 2. The van der Waals surface area contributed by atoms with E-state index >= 15 is 0 Å². The van der Waals surface area contributed by atoms with Crippen molar-refractivity contribution in [3.63, 3.8) is 0 Å². The quantitative estimate of drug-likeness (QED) is 0.459. The Morgan fingerprint density at radius 1 is 0.788 bits per heavy atom. The largest absolute Gasteiger partial charge is 0.497 e. The van der Waals surface area contributed by atoms with Crippen molar-refractivity contribution in [1.29, 1.82) is 0 Å². The summed E-state index contributed by atoms with van der Waals surface area (Å²) in [6, 6.07) is 24.9. The Morgan fingerprint density at radius 2 is 1.45 bits per heavy atom. The van der Waals surface area contributed by atoms with Crippen molar-refractivity contribution in [1.82, 2.24) is 4.90 Å². The molecule has 0 bridgehead atoms. The summed E-state index contributed by atoms with van der Waals surface area (Å²) in [7, 11) is 1.60. The van der Waals surface area contributed by atoms with Crippen LogP contribution in [0.5, 0.6) is 5.75 Å². The summed E-state index contributed by atoms with van der Waals surface area (Å²) in [5.41, 5.74) is 4.35. The van der Waals surface area contributed by atoms with Gasteiger partial charge in [0.1, 0.15) is 11.4 Å². The van der Waals surface area contributed by atoms with Crippen LogP contribution in [-0.4, -0.2) is 30.4 Å². The number of ether oxygens (including phenoxy) is 1. The van der Waals surface area contributed by atoms with Gasteiger partial charge in [-0.15, -0.1) is 0 Å². The fourth-order valence-electron chi connectivity index (χ4n) is 4.10. The van der Waals surface area contributed by atoms with E-state index in [1.165, 1.54) is 4.90 Å². The number of methoxy groups -OCH3 is 1. The number of nitrogens with zero attached hydrogens (tertiary/aromatic N) is 2. The van der Waals surface area contributed by atoms with E-state index in [4.69, 9.17) is 4.74 Å². The molecule has 168 valence electrons. The molecule has 4 rings (SSSR count). The molecule has 2 amide bonds. The number of amides is 2. The number of rotatable bonds is 8. The SMILES string of the molecule is CCc1ccc(N2C(=O)C(c3ccc(OC)cc3)=C(N(CC)Cc3ccccc3)C2=O)cc1. The average Bonchev–Trinajstić information content (AvgIpc) is 3.13. The molecule has 0 N–H and O–H groups in total. The zero-order valence-electron chi connectivity index (χ0n) is 19.2. The lowest BCUT2D eigenvalue weighted by atomic mass is 10.0. The number of benzene rings is 3. The molecule has 3 aromatic carbocycles. The number of hydrogen-bond acceptors (Lipinski definition) is 4. The van der Waals surface area contributed by atoms with E-state index in [-0.39, 0.29) is 11.8 Å². The molecule has 3 aromatic rings. The maximum Gasteiger partial charge on any atom is 0.282 e. The van der Waals surface area contributed by atoms with Crippen molar-refractivity contribution in [2.45, 2.75) is 26.8 Å². The zero-order valence-corrected chi connectivity index (χ0v) is 19.2. The Bertz CT molecular complexity index is 1170. The highest BCUT2D eigenvalue weighted by Gasteiger charge is 2.42. The maximum atomic E-state index is 13.7. The predicted molar refractivity (Wildman–Crippen MR) is 131 cm³/mol. The van der Waals surface area contributed by atoms with Crippen molar-refractivity contribution in [2.75, 3.05) is 18.6 Å². The van der Waals surface area contributed by atoms with Gasteiger partial charge in [-0.2, -0.15) is 0 Å². The third-order valence-electron chi connectivity index (χ3n) is 5.96. The molecule has 0 spiro atoms. The Labute approximate surface area is 194 Å². The number of hydrogen-bond donors (Lipinski definition) is 0. The third-order valence-corrected chi connectivity index (χ3v) is 5.96. The van der Waals surface area contributed by atoms with Crippen LogP contribution in [0.3, 0.4) is 0 Å². The summed E-state index contributed by atoms with van der Waals surface area (Å²) >= 11 is 0. The lowest BCUT2D eigenvalue weighted by Gasteiger charge is -2.25. The minimum Gasteiger partial charge on any atom is -0.497 e. The average molecular weight is 441 g/mol. The molecule has 0 saturated carbocycles. The number of aryl methyl sites for hydroxylation is 1. The van der Waals surface area contributed by atoms with Crippen LogP contribution in [0.15, 0.2) is 84.6 Å². The number of likely N-dealkylation sites (N-methyl/N-ethyl adjacent to an activating group) is 1. The van der Waals surface area contributed by atoms with Gasteiger partial charge in [-0.1, -0.05) is 61.5 Å². The fourth-order valence-corrected chi connectivity index (χ4v) is 4.10. The van der Waals surface area contributed by atoms with Crippen molar-refractivity contribution in [2.24, 2.45) is 0 Å². The van der Waals surface area contributed by atoms with Crippen LogP contribution in [-0.2, 0) is 22.6 Å². The smallest absolute Gasteiger partial charge is 0.282 e. The Morgan fingerprint density at radius 3 is 2.03 bits per heavy atom. The predicted octanol–water partition coefficient (Wildman–Crippen LogP) is 5.06. The monoisotopic (exact) mass is 440 g/mol. The van der Waals surface area contributed by atoms with Gasteiger partial charge in [0.2, 0.25) is 0 Å². The van der Waals surface area contributed by atoms with Gasteiger partial charge < -0.3 is 9.64 Å². The van der Waals surface area contributed by atoms with Gasteiger partial charge in [-0.05, 0) is 54.3 Å². The summed E-state index contributed by atoms with van der Waals surface area (Å²) in [6.45, 7) is 5.20. The molecule has 1 aliphatic rings. The highest BCUT2D eigenvalue weighted by Crippen LogP contribution is 2.36. The van der Waals surface area contributed by atoms with Crippen molar-refractivity contribution in [3.8, 4) is 5.75 Å². The molecule has 0 saturated heterocycles. The minimum atomic E-state index is -0.309. The second-order valence-electron chi connectivity index (χ2n) is 7.92. The summed E-state index contributed by atoms with van der Waals surface area (Å²) in [5, 5.41) is 0. The third kappa shape index (κ3) is 4.40. The van der Waals surface area contributed by atoms with Crippen LogP contribution in [0.2, 0.25) is 0 Å². The summed E-state index contributed by atoms with van der Waals surface area (Å²) in [4.78, 5) is 30.7. The molecule has 0 atom stereocenters. The van der Waals surface area contributed by atoms with Crippen molar-refractivity contribution in [3.05, 3.63) is 101 Å². The van der Waals surface area contributed by atoms with E-state index in [0.29, 0.717) is 41.4 Å². The lowest BCUT2D eigenvalue weighted by molar-refractivity contribution is -0.120. The first kappa shape index (κ1) is 22.3. The molecular formula is C28H28N2O3. The highest BCUT2D eigenvalue weighted by atomic mass is 16.5. The highest BCUT2D eigenvalue weighted by molar-refractivity contribution is 6.45. The van der Waals surface area contributed by atoms with Gasteiger partial charge >= 0.3 is 0 Å². The summed E-state index contributed by atoms with van der Waals surface area (Å²) in [6.07, 6.45) is 0.892. The van der Waals surface area contributed by atoms with E-state index in [0.717, 1.165) is 17.5 Å². The summed E-state index contributed by atoms with van der Waals surface area (Å²) in [5.74, 6) is 0.0880. The molecule has 1 aliphatic heterocycles. The van der Waals surface area contributed by atoms with Crippen LogP contribution < -0.4 is 9.64 Å². The zero-order chi connectivity index (χ0) is 23.4. The normalized spacial score (nSPS) is 13.6. The first-order valence-corrected chi connectivity index (χ1v) is 11.2. The molecule has 5 nitrogen and oxygen atoms in total. The van der Waals surface area contributed by atoms with Gasteiger partial charge in [0.25, 0.3) is 11.8 Å². The molecule has 0 aliphatic carbocycles. The molecule has 5 heteroatoms. The fraction of sp³-hybridized carbons (Fsp3) is 0.214. The van der Waals surface area contributed by atoms with E-state index in [1.54, 1.807) is 7.11 Å². The Hall–Kier alpha value is -3.86. The summed E-state index contributed by atoms with van der Waals surface area (Å²) < 4.78 is 5.28. The molecular weight excluding hydrogens is 412 g/mol. The van der Waals surface area contributed by atoms with Gasteiger partial charge in [-0.3, -0.25) is 9.59 Å². The Kier molecular flexibility index (Phi) is 6.59. The van der Waals surface area contributed by atoms with Crippen LogP contribution >= 0.6 is 0 Å². The number of carbonyl (C=O) groups is 2. The molecule has 1 heterocycles. The molecule has 0 aromatic heterocycles. The molecule has 0 radical (unpaired) electrons. The molecule has 0 unspecified atom stereocenters. The second-order valence-corrected chi connectivity index (χ2v) is 7.92. The van der Waals surface area contributed by atoms with E-state index in [1.807, 2.05) is 90.7 Å². The standard InChI is InChI=1S/C28H28N2O3/c1-4-20-11-15-23(16-12-20)30-27(31)25(22-13-17-24(33-3)18-14-22)26(28(30)32)29(5-2)19-21-9-7-6-8-10-21/h6-18H,4-5,19H2,1-3H3. The number of imide groups is 1. The van der Waals surface area contributed by atoms with Crippen molar-refractivity contribution < 1.29 is 14.3 Å². The van der Waals surface area contributed by atoms with Crippen LogP contribution in [0.4, 0.5) is 5.69 Å². The molecule has 0 fully saturated rings.